The second kappa shape index (κ2) is 5.77. The fourth-order valence-electron chi connectivity index (χ4n) is 2.38. The van der Waals surface area contributed by atoms with E-state index in [9.17, 15) is 4.79 Å². The molecule has 2 rings (SSSR count). The molecule has 3 N–H and O–H groups in total. The molecule has 4 nitrogen and oxygen atoms in total. The van der Waals surface area contributed by atoms with Crippen molar-refractivity contribution >= 4 is 11.6 Å². The van der Waals surface area contributed by atoms with Crippen LogP contribution in [0.5, 0.6) is 0 Å². The first-order chi connectivity index (χ1) is 8.25. The third-order valence-electron chi connectivity index (χ3n) is 3.33. The van der Waals surface area contributed by atoms with Crippen molar-refractivity contribution < 1.29 is 4.79 Å². The highest BCUT2D eigenvalue weighted by molar-refractivity contribution is 5.94. The Morgan fingerprint density at radius 2 is 2.29 bits per heavy atom. The quantitative estimate of drug-likeness (QED) is 0.835. The molecular weight excluding hydrogens is 214 g/mol. The maximum Gasteiger partial charge on any atom is 0.241 e. The predicted molar refractivity (Wildman–Crippen MR) is 67.4 cm³/mol. The van der Waals surface area contributed by atoms with Crippen LogP contribution in [0, 0.1) is 5.92 Å². The van der Waals surface area contributed by atoms with Gasteiger partial charge in [-0.1, -0.05) is 25.7 Å². The third-order valence-corrected chi connectivity index (χ3v) is 3.33. The highest BCUT2D eigenvalue weighted by Crippen LogP contribution is 2.28. The number of carbonyl (C=O) groups excluding carboxylic acids is 1. The molecule has 1 fully saturated rings. The van der Waals surface area contributed by atoms with E-state index in [0.717, 1.165) is 6.42 Å². The summed E-state index contributed by atoms with van der Waals surface area (Å²) < 4.78 is 0. The van der Waals surface area contributed by atoms with Crippen molar-refractivity contribution in [1.29, 1.82) is 0 Å². The number of rotatable bonds is 4. The molecule has 1 saturated carbocycles. The summed E-state index contributed by atoms with van der Waals surface area (Å²) in [5.41, 5.74) is 6.62. The van der Waals surface area contributed by atoms with Gasteiger partial charge in [0.25, 0.3) is 0 Å². The van der Waals surface area contributed by atoms with Crippen LogP contribution in [-0.2, 0) is 4.79 Å². The average molecular weight is 233 g/mol. The Morgan fingerprint density at radius 3 is 2.94 bits per heavy atom. The van der Waals surface area contributed by atoms with Gasteiger partial charge < -0.3 is 11.1 Å². The van der Waals surface area contributed by atoms with E-state index in [1.165, 1.54) is 25.7 Å². The molecule has 1 aliphatic rings. The number of amides is 1. The van der Waals surface area contributed by atoms with Gasteiger partial charge in [-0.05, 0) is 24.5 Å². The summed E-state index contributed by atoms with van der Waals surface area (Å²) in [6.45, 7) is 0. The average Bonchev–Trinajstić information content (AvgIpc) is 2.83. The van der Waals surface area contributed by atoms with Crippen LogP contribution in [0.3, 0.4) is 0 Å². The first-order valence-electron chi connectivity index (χ1n) is 6.22. The molecule has 1 atom stereocenters. The molecular formula is C13H19N3O. The Kier molecular flexibility index (Phi) is 4.09. The number of hydrogen-bond donors (Lipinski definition) is 2. The highest BCUT2D eigenvalue weighted by Gasteiger charge is 2.22. The first-order valence-corrected chi connectivity index (χ1v) is 6.22. The second-order valence-corrected chi connectivity index (χ2v) is 4.72. The van der Waals surface area contributed by atoms with Gasteiger partial charge in [0.1, 0.15) is 0 Å². The second-order valence-electron chi connectivity index (χ2n) is 4.72. The van der Waals surface area contributed by atoms with Gasteiger partial charge in [0.2, 0.25) is 5.91 Å². The zero-order valence-corrected chi connectivity index (χ0v) is 9.93. The van der Waals surface area contributed by atoms with Crippen molar-refractivity contribution in [1.82, 2.24) is 4.98 Å². The van der Waals surface area contributed by atoms with Gasteiger partial charge in [0.15, 0.2) is 0 Å². The van der Waals surface area contributed by atoms with Gasteiger partial charge in [-0.15, -0.1) is 0 Å². The monoisotopic (exact) mass is 233 g/mol. The van der Waals surface area contributed by atoms with Crippen LogP contribution in [0.2, 0.25) is 0 Å². The molecule has 0 bridgehead atoms. The van der Waals surface area contributed by atoms with Crippen molar-refractivity contribution in [2.45, 2.75) is 38.1 Å². The lowest BCUT2D eigenvalue weighted by Crippen LogP contribution is -2.37. The third kappa shape index (κ3) is 3.53. The van der Waals surface area contributed by atoms with Crippen LogP contribution in [0.15, 0.2) is 24.5 Å². The molecule has 1 aliphatic carbocycles. The molecule has 1 heterocycles. The van der Waals surface area contributed by atoms with E-state index >= 15 is 0 Å². The topological polar surface area (TPSA) is 68.0 Å². The molecule has 0 aromatic carbocycles. The van der Waals surface area contributed by atoms with Crippen LogP contribution in [0.25, 0.3) is 0 Å². The summed E-state index contributed by atoms with van der Waals surface area (Å²) in [5, 5.41) is 2.79. The van der Waals surface area contributed by atoms with E-state index in [1.54, 1.807) is 18.5 Å². The van der Waals surface area contributed by atoms with E-state index in [2.05, 4.69) is 10.3 Å². The summed E-state index contributed by atoms with van der Waals surface area (Å²) in [6, 6.07) is 3.20. The SMILES string of the molecule is N[C@@H](CC1CCCC1)C(=O)Nc1cccnc1. The minimum absolute atomic E-state index is 0.107. The van der Waals surface area contributed by atoms with E-state index in [0.29, 0.717) is 11.6 Å². The minimum atomic E-state index is -0.404. The van der Waals surface area contributed by atoms with Crippen LogP contribution in [0.1, 0.15) is 32.1 Å². The maximum absolute atomic E-state index is 11.8. The maximum atomic E-state index is 11.8. The van der Waals surface area contributed by atoms with Gasteiger partial charge in [-0.2, -0.15) is 0 Å². The largest absolute Gasteiger partial charge is 0.323 e. The van der Waals surface area contributed by atoms with Gasteiger partial charge in [-0.25, -0.2) is 0 Å². The van der Waals surface area contributed by atoms with Crippen molar-refractivity contribution in [3.8, 4) is 0 Å². The predicted octanol–water partition coefficient (Wildman–Crippen LogP) is 1.93. The van der Waals surface area contributed by atoms with Gasteiger partial charge >= 0.3 is 0 Å². The Labute approximate surface area is 102 Å². The van der Waals surface area contributed by atoms with E-state index in [-0.39, 0.29) is 5.91 Å². The lowest BCUT2D eigenvalue weighted by molar-refractivity contribution is -0.117. The summed E-state index contributed by atoms with van der Waals surface area (Å²) in [5.74, 6) is 0.523. The number of nitrogens with one attached hydrogen (secondary N) is 1. The molecule has 92 valence electrons. The summed E-state index contributed by atoms with van der Waals surface area (Å²) >= 11 is 0. The summed E-state index contributed by atoms with van der Waals surface area (Å²) in [4.78, 5) is 15.8. The number of hydrogen-bond acceptors (Lipinski definition) is 3. The van der Waals surface area contributed by atoms with Crippen molar-refractivity contribution in [3.05, 3.63) is 24.5 Å². The lowest BCUT2D eigenvalue weighted by atomic mass is 9.98. The number of anilines is 1. The fraction of sp³-hybridized carbons (Fsp3) is 0.538. The first kappa shape index (κ1) is 12.0. The van der Waals surface area contributed by atoms with Crippen LogP contribution in [-0.4, -0.2) is 16.9 Å². The zero-order valence-electron chi connectivity index (χ0n) is 9.93. The standard InChI is InChI=1S/C13H19N3O/c14-12(8-10-4-1-2-5-10)13(17)16-11-6-3-7-15-9-11/h3,6-7,9-10,12H,1-2,4-5,8,14H2,(H,16,17)/t12-/m0/s1. The number of aromatic nitrogens is 1. The Hall–Kier alpha value is -1.42. The molecule has 0 spiro atoms. The number of pyridine rings is 1. The Bertz CT molecular complexity index is 360. The fourth-order valence-corrected chi connectivity index (χ4v) is 2.38. The molecule has 1 amide bonds. The molecule has 0 radical (unpaired) electrons. The number of carbonyl (C=O) groups is 1. The Balaban J connectivity index is 1.82. The molecule has 17 heavy (non-hydrogen) atoms. The normalized spacial score (nSPS) is 17.9. The van der Waals surface area contributed by atoms with Crippen molar-refractivity contribution in [2.75, 3.05) is 5.32 Å². The van der Waals surface area contributed by atoms with Gasteiger partial charge in [0, 0.05) is 6.20 Å². The summed E-state index contributed by atoms with van der Waals surface area (Å²) in [7, 11) is 0. The molecule has 4 heteroatoms. The number of nitrogens with zero attached hydrogens (tertiary/aromatic N) is 1. The zero-order chi connectivity index (χ0) is 12.1. The van der Waals surface area contributed by atoms with E-state index in [4.69, 9.17) is 5.73 Å². The Morgan fingerprint density at radius 1 is 1.53 bits per heavy atom. The molecule has 1 aromatic heterocycles. The van der Waals surface area contributed by atoms with Crippen molar-refractivity contribution in [3.63, 3.8) is 0 Å². The van der Waals surface area contributed by atoms with Gasteiger partial charge in [0.05, 0.1) is 17.9 Å². The molecule has 0 aliphatic heterocycles. The van der Waals surface area contributed by atoms with Crippen LogP contribution in [0.4, 0.5) is 5.69 Å². The van der Waals surface area contributed by atoms with E-state index in [1.807, 2.05) is 6.07 Å². The summed E-state index contributed by atoms with van der Waals surface area (Å²) in [6.07, 6.45) is 9.09. The van der Waals surface area contributed by atoms with Crippen molar-refractivity contribution in [2.24, 2.45) is 11.7 Å². The number of nitrogens with two attached hydrogens (primary N) is 1. The van der Waals surface area contributed by atoms with Crippen LogP contribution < -0.4 is 11.1 Å². The highest BCUT2D eigenvalue weighted by atomic mass is 16.2. The molecule has 0 unspecified atom stereocenters. The van der Waals surface area contributed by atoms with Crippen LogP contribution >= 0.6 is 0 Å². The molecule has 0 saturated heterocycles. The smallest absolute Gasteiger partial charge is 0.241 e. The minimum Gasteiger partial charge on any atom is -0.323 e. The van der Waals surface area contributed by atoms with E-state index < -0.39 is 6.04 Å². The van der Waals surface area contributed by atoms with Gasteiger partial charge in [-0.3, -0.25) is 9.78 Å². The molecule has 1 aromatic rings. The lowest BCUT2D eigenvalue weighted by Gasteiger charge is -2.15.